The van der Waals surface area contributed by atoms with Gasteiger partial charge in [0.2, 0.25) is 5.13 Å². The fraction of sp³-hybridized carbons (Fsp3) is 0.800. The maximum absolute atomic E-state index is 9.89. The van der Waals surface area contributed by atoms with Crippen LogP contribution in [0.3, 0.4) is 0 Å². The molecule has 2 N–H and O–H groups in total. The summed E-state index contributed by atoms with van der Waals surface area (Å²) in [6.45, 7) is 0.617. The van der Waals surface area contributed by atoms with Crippen molar-refractivity contribution in [1.29, 1.82) is 0 Å². The molecule has 3 rings (SSSR count). The third kappa shape index (κ3) is 1.99. The molecular formula is C10H15N3OS. The second-order valence-corrected chi connectivity index (χ2v) is 5.42. The molecule has 2 saturated carbocycles. The summed E-state index contributed by atoms with van der Waals surface area (Å²) in [7, 11) is 0. The van der Waals surface area contributed by atoms with Crippen molar-refractivity contribution in [3.63, 3.8) is 0 Å². The van der Waals surface area contributed by atoms with E-state index in [1.165, 1.54) is 24.4 Å². The lowest BCUT2D eigenvalue weighted by molar-refractivity contribution is -0.0202. The van der Waals surface area contributed by atoms with Crippen molar-refractivity contribution in [3.05, 3.63) is 5.82 Å². The van der Waals surface area contributed by atoms with Gasteiger partial charge < -0.3 is 10.4 Å². The van der Waals surface area contributed by atoms with Gasteiger partial charge in [-0.3, -0.25) is 0 Å². The van der Waals surface area contributed by atoms with Crippen molar-refractivity contribution in [2.75, 3.05) is 11.9 Å². The Morgan fingerprint density at radius 2 is 2.27 bits per heavy atom. The van der Waals surface area contributed by atoms with E-state index in [2.05, 4.69) is 14.7 Å². The van der Waals surface area contributed by atoms with Crippen molar-refractivity contribution >= 4 is 16.7 Å². The molecule has 2 aliphatic rings. The third-order valence-electron chi connectivity index (χ3n) is 3.24. The Kier molecular flexibility index (Phi) is 2.17. The topological polar surface area (TPSA) is 58.0 Å². The number of nitrogens with zero attached hydrogens (tertiary/aromatic N) is 2. The van der Waals surface area contributed by atoms with Gasteiger partial charge in [-0.1, -0.05) is 0 Å². The monoisotopic (exact) mass is 225 g/mol. The molecule has 5 heteroatoms. The molecule has 2 fully saturated rings. The molecule has 0 aromatic carbocycles. The van der Waals surface area contributed by atoms with Gasteiger partial charge in [0.1, 0.15) is 5.82 Å². The first-order chi connectivity index (χ1) is 7.25. The quantitative estimate of drug-likeness (QED) is 0.819. The summed E-state index contributed by atoms with van der Waals surface area (Å²) in [5, 5.41) is 13.9. The van der Waals surface area contributed by atoms with E-state index in [9.17, 15) is 5.11 Å². The number of aliphatic hydroxyl groups is 1. The SMILES string of the molecule is OC1(CNc2nc(C3CC3)ns2)CCC1. The molecule has 0 atom stereocenters. The predicted octanol–water partition coefficient (Wildman–Crippen LogP) is 1.74. The molecule has 1 aromatic heterocycles. The lowest BCUT2D eigenvalue weighted by atomic mass is 9.80. The molecule has 0 aliphatic heterocycles. The van der Waals surface area contributed by atoms with E-state index in [1.54, 1.807) is 0 Å². The van der Waals surface area contributed by atoms with Gasteiger partial charge in [-0.15, -0.1) is 0 Å². The first-order valence-corrected chi connectivity index (χ1v) is 6.32. The maximum atomic E-state index is 9.89. The van der Waals surface area contributed by atoms with E-state index in [4.69, 9.17) is 0 Å². The molecule has 0 spiro atoms. The minimum Gasteiger partial charge on any atom is -0.388 e. The van der Waals surface area contributed by atoms with Crippen LogP contribution in [0.25, 0.3) is 0 Å². The summed E-state index contributed by atoms with van der Waals surface area (Å²) < 4.78 is 4.31. The summed E-state index contributed by atoms with van der Waals surface area (Å²) in [6.07, 6.45) is 5.43. The Bertz CT molecular complexity index is 357. The summed E-state index contributed by atoms with van der Waals surface area (Å²) in [5.74, 6) is 1.60. The molecule has 4 nitrogen and oxygen atoms in total. The van der Waals surface area contributed by atoms with Gasteiger partial charge in [-0.2, -0.15) is 4.37 Å². The van der Waals surface area contributed by atoms with Crippen LogP contribution in [0.5, 0.6) is 0 Å². The molecule has 15 heavy (non-hydrogen) atoms. The summed E-state index contributed by atoms with van der Waals surface area (Å²) in [6, 6.07) is 0. The minimum atomic E-state index is -0.481. The maximum Gasteiger partial charge on any atom is 0.202 e. The molecule has 0 bridgehead atoms. The smallest absolute Gasteiger partial charge is 0.202 e. The zero-order chi connectivity index (χ0) is 10.3. The van der Waals surface area contributed by atoms with Gasteiger partial charge in [0.25, 0.3) is 0 Å². The number of aromatic nitrogens is 2. The van der Waals surface area contributed by atoms with Gasteiger partial charge >= 0.3 is 0 Å². The highest BCUT2D eigenvalue weighted by Gasteiger charge is 2.34. The molecule has 1 aromatic rings. The van der Waals surface area contributed by atoms with Crippen molar-refractivity contribution < 1.29 is 5.11 Å². The molecule has 0 saturated heterocycles. The lowest BCUT2D eigenvalue weighted by Gasteiger charge is -2.36. The summed E-state index contributed by atoms with van der Waals surface area (Å²) >= 11 is 1.41. The van der Waals surface area contributed by atoms with E-state index in [-0.39, 0.29) is 0 Å². The van der Waals surface area contributed by atoms with Crippen LogP contribution in [-0.4, -0.2) is 26.6 Å². The van der Waals surface area contributed by atoms with Crippen molar-refractivity contribution in [1.82, 2.24) is 9.36 Å². The Hall–Kier alpha value is -0.680. The molecule has 1 heterocycles. The highest BCUT2D eigenvalue weighted by atomic mass is 32.1. The number of nitrogens with one attached hydrogen (secondary N) is 1. The Labute approximate surface area is 92.9 Å². The minimum absolute atomic E-state index is 0.481. The summed E-state index contributed by atoms with van der Waals surface area (Å²) in [5.41, 5.74) is -0.481. The summed E-state index contributed by atoms with van der Waals surface area (Å²) in [4.78, 5) is 4.42. The highest BCUT2D eigenvalue weighted by Crippen LogP contribution is 2.39. The molecular weight excluding hydrogens is 210 g/mol. The van der Waals surface area contributed by atoms with Gasteiger partial charge in [0.15, 0.2) is 0 Å². The normalized spacial score (nSPS) is 23.5. The van der Waals surface area contributed by atoms with Crippen LogP contribution in [0.1, 0.15) is 43.8 Å². The van der Waals surface area contributed by atoms with Crippen LogP contribution in [0, 0.1) is 0 Å². The van der Waals surface area contributed by atoms with Crippen molar-refractivity contribution in [2.45, 2.75) is 43.6 Å². The molecule has 0 amide bonds. The van der Waals surface area contributed by atoms with Crippen molar-refractivity contribution in [2.24, 2.45) is 0 Å². The molecule has 0 unspecified atom stereocenters. The van der Waals surface area contributed by atoms with Crippen LogP contribution in [0.15, 0.2) is 0 Å². The van der Waals surface area contributed by atoms with Crippen LogP contribution in [0.4, 0.5) is 5.13 Å². The number of anilines is 1. The fourth-order valence-corrected chi connectivity index (χ4v) is 2.46. The molecule has 2 aliphatic carbocycles. The number of hydrogen-bond acceptors (Lipinski definition) is 5. The van der Waals surface area contributed by atoms with Gasteiger partial charge in [0, 0.05) is 24.0 Å². The van der Waals surface area contributed by atoms with Crippen LogP contribution in [-0.2, 0) is 0 Å². The van der Waals surface area contributed by atoms with E-state index >= 15 is 0 Å². The third-order valence-corrected chi connectivity index (χ3v) is 3.92. The zero-order valence-corrected chi connectivity index (χ0v) is 9.39. The van der Waals surface area contributed by atoms with E-state index < -0.39 is 5.60 Å². The first-order valence-electron chi connectivity index (χ1n) is 5.55. The average Bonchev–Trinajstić information content (AvgIpc) is 2.93. The van der Waals surface area contributed by atoms with Gasteiger partial charge in [-0.25, -0.2) is 4.98 Å². The van der Waals surface area contributed by atoms with Crippen LogP contribution >= 0.6 is 11.5 Å². The standard InChI is InChI=1S/C10H15N3OS/c14-10(4-1-5-10)6-11-9-12-8(13-15-9)7-2-3-7/h7,14H,1-6H2,(H,11,12,13). The lowest BCUT2D eigenvalue weighted by Crippen LogP contribution is -2.43. The van der Waals surface area contributed by atoms with Crippen LogP contribution < -0.4 is 5.32 Å². The number of hydrogen-bond donors (Lipinski definition) is 2. The van der Waals surface area contributed by atoms with Gasteiger partial charge in [-0.05, 0) is 32.1 Å². The fourth-order valence-electron chi connectivity index (χ4n) is 1.82. The molecule has 82 valence electrons. The predicted molar refractivity (Wildman–Crippen MR) is 59.2 cm³/mol. The number of rotatable bonds is 4. The van der Waals surface area contributed by atoms with E-state index in [1.807, 2.05) is 0 Å². The average molecular weight is 225 g/mol. The second-order valence-electron chi connectivity index (χ2n) is 4.66. The molecule has 0 radical (unpaired) electrons. The van der Waals surface area contributed by atoms with Crippen LogP contribution in [0.2, 0.25) is 0 Å². The van der Waals surface area contributed by atoms with E-state index in [0.29, 0.717) is 12.5 Å². The Morgan fingerprint density at radius 1 is 1.47 bits per heavy atom. The largest absolute Gasteiger partial charge is 0.388 e. The van der Waals surface area contributed by atoms with E-state index in [0.717, 1.165) is 30.2 Å². The Morgan fingerprint density at radius 3 is 2.87 bits per heavy atom. The highest BCUT2D eigenvalue weighted by molar-refractivity contribution is 7.09. The van der Waals surface area contributed by atoms with Crippen molar-refractivity contribution in [3.8, 4) is 0 Å². The zero-order valence-electron chi connectivity index (χ0n) is 8.57. The Balaban J connectivity index is 1.56. The second kappa shape index (κ2) is 3.42. The first kappa shape index (κ1) is 9.54. The van der Waals surface area contributed by atoms with Gasteiger partial charge in [0.05, 0.1) is 5.60 Å².